The van der Waals surface area contributed by atoms with Gasteiger partial charge < -0.3 is 5.32 Å². The zero-order valence-electron chi connectivity index (χ0n) is 11.5. The van der Waals surface area contributed by atoms with Crippen molar-refractivity contribution < 1.29 is 0 Å². The number of benzene rings is 1. The van der Waals surface area contributed by atoms with E-state index in [4.69, 9.17) is 11.6 Å². The molecule has 1 N–H and O–H groups in total. The fourth-order valence-electron chi connectivity index (χ4n) is 2.96. The van der Waals surface area contributed by atoms with Gasteiger partial charge in [0.15, 0.2) is 0 Å². The van der Waals surface area contributed by atoms with Crippen molar-refractivity contribution in [1.29, 1.82) is 0 Å². The van der Waals surface area contributed by atoms with Crippen LogP contribution in [0.15, 0.2) is 24.3 Å². The molecule has 0 aliphatic carbocycles. The Labute approximate surface area is 115 Å². The summed E-state index contributed by atoms with van der Waals surface area (Å²) in [6.07, 6.45) is 1.22. The van der Waals surface area contributed by atoms with E-state index in [9.17, 15) is 0 Å². The van der Waals surface area contributed by atoms with Crippen LogP contribution in [0.5, 0.6) is 0 Å². The predicted molar refractivity (Wildman–Crippen MR) is 78.0 cm³/mol. The average Bonchev–Trinajstić information content (AvgIpc) is 2.31. The van der Waals surface area contributed by atoms with Gasteiger partial charge in [0.05, 0.1) is 0 Å². The number of rotatable bonds is 3. The summed E-state index contributed by atoms with van der Waals surface area (Å²) in [5, 5.41) is 4.30. The van der Waals surface area contributed by atoms with Gasteiger partial charge in [-0.15, -0.1) is 0 Å². The van der Waals surface area contributed by atoms with Gasteiger partial charge in [0.25, 0.3) is 0 Å². The Kier molecular flexibility index (Phi) is 4.31. The van der Waals surface area contributed by atoms with E-state index in [1.807, 2.05) is 12.1 Å². The first-order chi connectivity index (χ1) is 8.49. The first kappa shape index (κ1) is 13.9. The third kappa shape index (κ3) is 3.25. The molecule has 0 amide bonds. The van der Waals surface area contributed by atoms with Gasteiger partial charge in [-0.05, 0) is 43.1 Å². The van der Waals surface area contributed by atoms with Crippen LogP contribution in [-0.2, 0) is 6.54 Å². The average molecular weight is 267 g/mol. The predicted octanol–water partition coefficient (Wildman–Crippen LogP) is 3.16. The normalized spacial score (nSPS) is 23.3. The second-order valence-electron chi connectivity index (χ2n) is 6.01. The molecular formula is C15H23ClN2. The summed E-state index contributed by atoms with van der Waals surface area (Å²) in [6.45, 7) is 7.91. The maximum absolute atomic E-state index is 5.92. The Morgan fingerprint density at radius 3 is 2.61 bits per heavy atom. The van der Waals surface area contributed by atoms with Gasteiger partial charge in [0.1, 0.15) is 0 Å². The number of nitrogens with zero attached hydrogens (tertiary/aromatic N) is 1. The highest BCUT2D eigenvalue weighted by molar-refractivity contribution is 6.30. The van der Waals surface area contributed by atoms with E-state index in [1.165, 1.54) is 12.0 Å². The third-order valence-electron chi connectivity index (χ3n) is 3.95. The molecule has 0 saturated carbocycles. The minimum atomic E-state index is 0.333. The molecule has 1 aromatic rings. The molecule has 3 heteroatoms. The topological polar surface area (TPSA) is 15.3 Å². The molecule has 0 aromatic heterocycles. The van der Waals surface area contributed by atoms with Gasteiger partial charge >= 0.3 is 0 Å². The van der Waals surface area contributed by atoms with Crippen molar-refractivity contribution >= 4 is 11.6 Å². The maximum atomic E-state index is 5.92. The smallest absolute Gasteiger partial charge is 0.0406 e. The van der Waals surface area contributed by atoms with Crippen molar-refractivity contribution in [3.05, 3.63) is 34.9 Å². The van der Waals surface area contributed by atoms with Crippen molar-refractivity contribution in [2.75, 3.05) is 20.1 Å². The van der Waals surface area contributed by atoms with Crippen LogP contribution < -0.4 is 5.32 Å². The molecule has 1 saturated heterocycles. The van der Waals surface area contributed by atoms with Crippen LogP contribution in [0.1, 0.15) is 25.8 Å². The number of hydrogen-bond donors (Lipinski definition) is 1. The van der Waals surface area contributed by atoms with Crippen LogP contribution in [0.4, 0.5) is 0 Å². The van der Waals surface area contributed by atoms with E-state index in [0.717, 1.165) is 24.7 Å². The molecule has 1 atom stereocenters. The fourth-order valence-corrected chi connectivity index (χ4v) is 3.09. The minimum absolute atomic E-state index is 0.333. The molecule has 0 bridgehead atoms. The highest BCUT2D eigenvalue weighted by Gasteiger charge is 2.34. The van der Waals surface area contributed by atoms with E-state index >= 15 is 0 Å². The van der Waals surface area contributed by atoms with Crippen molar-refractivity contribution in [3.8, 4) is 0 Å². The molecule has 1 fully saturated rings. The summed E-state index contributed by atoms with van der Waals surface area (Å²) in [5.74, 6) is 0. The summed E-state index contributed by atoms with van der Waals surface area (Å²) in [6, 6.07) is 8.81. The molecule has 0 spiro atoms. The van der Waals surface area contributed by atoms with Crippen LogP contribution in [0.3, 0.4) is 0 Å². The Morgan fingerprint density at radius 1 is 1.33 bits per heavy atom. The Bertz CT molecular complexity index is 386. The van der Waals surface area contributed by atoms with E-state index < -0.39 is 0 Å². The number of halogens is 1. The quantitative estimate of drug-likeness (QED) is 0.904. The van der Waals surface area contributed by atoms with Gasteiger partial charge in [0, 0.05) is 24.2 Å². The molecule has 0 radical (unpaired) electrons. The van der Waals surface area contributed by atoms with Crippen LogP contribution in [0, 0.1) is 5.41 Å². The standard InChI is InChI=1S/C15H23ClN2/c1-15(2)11-17-9-8-14(15)18(3)10-12-4-6-13(16)7-5-12/h4-7,14,17H,8-11H2,1-3H3. The summed E-state index contributed by atoms with van der Waals surface area (Å²) in [7, 11) is 2.23. The molecule has 2 nitrogen and oxygen atoms in total. The highest BCUT2D eigenvalue weighted by atomic mass is 35.5. The lowest BCUT2D eigenvalue weighted by atomic mass is 9.79. The van der Waals surface area contributed by atoms with Gasteiger partial charge in [-0.25, -0.2) is 0 Å². The zero-order valence-corrected chi connectivity index (χ0v) is 12.3. The molecule has 100 valence electrons. The third-order valence-corrected chi connectivity index (χ3v) is 4.21. The van der Waals surface area contributed by atoms with E-state index in [0.29, 0.717) is 11.5 Å². The van der Waals surface area contributed by atoms with Crippen LogP contribution in [0.25, 0.3) is 0 Å². The second-order valence-corrected chi connectivity index (χ2v) is 6.45. The molecule has 1 unspecified atom stereocenters. The molecule has 1 heterocycles. The minimum Gasteiger partial charge on any atom is -0.316 e. The highest BCUT2D eigenvalue weighted by Crippen LogP contribution is 2.29. The van der Waals surface area contributed by atoms with Crippen molar-refractivity contribution in [2.45, 2.75) is 32.9 Å². The summed E-state index contributed by atoms with van der Waals surface area (Å²) in [5.41, 5.74) is 1.66. The first-order valence-corrected chi connectivity index (χ1v) is 7.02. The van der Waals surface area contributed by atoms with Gasteiger partial charge in [-0.1, -0.05) is 37.6 Å². The molecule has 1 aromatic carbocycles. The Balaban J connectivity index is 2.02. The first-order valence-electron chi connectivity index (χ1n) is 6.64. The SMILES string of the molecule is CN(Cc1ccc(Cl)cc1)C1CCNCC1(C)C. The van der Waals surface area contributed by atoms with Crippen LogP contribution in [-0.4, -0.2) is 31.1 Å². The fraction of sp³-hybridized carbons (Fsp3) is 0.600. The lowest BCUT2D eigenvalue weighted by Gasteiger charge is -2.44. The zero-order chi connectivity index (χ0) is 13.2. The van der Waals surface area contributed by atoms with Crippen molar-refractivity contribution in [3.63, 3.8) is 0 Å². The van der Waals surface area contributed by atoms with Crippen molar-refractivity contribution in [1.82, 2.24) is 10.2 Å². The van der Waals surface area contributed by atoms with E-state index in [-0.39, 0.29) is 0 Å². The number of piperidine rings is 1. The molecule has 1 aliphatic heterocycles. The van der Waals surface area contributed by atoms with Crippen LogP contribution in [0.2, 0.25) is 5.02 Å². The Hall–Kier alpha value is -0.570. The Morgan fingerprint density at radius 2 is 2.00 bits per heavy atom. The summed E-state index contributed by atoms with van der Waals surface area (Å²) < 4.78 is 0. The van der Waals surface area contributed by atoms with E-state index in [1.54, 1.807) is 0 Å². The largest absolute Gasteiger partial charge is 0.316 e. The second kappa shape index (κ2) is 5.60. The summed E-state index contributed by atoms with van der Waals surface area (Å²) in [4.78, 5) is 2.48. The number of hydrogen-bond acceptors (Lipinski definition) is 2. The van der Waals surface area contributed by atoms with Gasteiger partial charge in [0.2, 0.25) is 0 Å². The van der Waals surface area contributed by atoms with Crippen LogP contribution >= 0.6 is 11.6 Å². The molecular weight excluding hydrogens is 244 g/mol. The van der Waals surface area contributed by atoms with Gasteiger partial charge in [-0.3, -0.25) is 4.90 Å². The molecule has 2 rings (SSSR count). The van der Waals surface area contributed by atoms with Crippen molar-refractivity contribution in [2.24, 2.45) is 5.41 Å². The lowest BCUT2D eigenvalue weighted by Crippen LogP contribution is -2.53. The van der Waals surface area contributed by atoms with E-state index in [2.05, 4.69) is 43.2 Å². The maximum Gasteiger partial charge on any atom is 0.0406 e. The molecule has 18 heavy (non-hydrogen) atoms. The monoisotopic (exact) mass is 266 g/mol. The molecule has 1 aliphatic rings. The summed E-state index contributed by atoms with van der Waals surface area (Å²) >= 11 is 5.92. The lowest BCUT2D eigenvalue weighted by molar-refractivity contribution is 0.0745. The van der Waals surface area contributed by atoms with Gasteiger partial charge in [-0.2, -0.15) is 0 Å². The number of nitrogens with one attached hydrogen (secondary N) is 1.